The molecule has 0 saturated heterocycles. The van der Waals surface area contributed by atoms with Gasteiger partial charge in [-0.3, -0.25) is 9.67 Å². The number of hydrogen-bond donors (Lipinski definition) is 2. The fraction of sp³-hybridized carbons (Fsp3) is 0.409. The zero-order valence-electron chi connectivity index (χ0n) is 18.4. The van der Waals surface area contributed by atoms with Gasteiger partial charge in [0.2, 0.25) is 0 Å². The van der Waals surface area contributed by atoms with Gasteiger partial charge in [0.15, 0.2) is 5.96 Å². The number of nitrogens with zero attached hydrogens (tertiary/aromatic N) is 5. The molecule has 0 bridgehead atoms. The van der Waals surface area contributed by atoms with Crippen molar-refractivity contribution in [2.75, 3.05) is 7.05 Å². The highest BCUT2D eigenvalue weighted by molar-refractivity contribution is 14.0. The lowest BCUT2D eigenvalue weighted by atomic mass is 10.1. The van der Waals surface area contributed by atoms with E-state index in [0.29, 0.717) is 0 Å². The van der Waals surface area contributed by atoms with E-state index in [2.05, 4.69) is 75.3 Å². The Balaban J connectivity index is 0.00000320. The molecule has 2 N–H and O–H groups in total. The summed E-state index contributed by atoms with van der Waals surface area (Å²) in [6.07, 6.45) is 6.52. The Morgan fingerprint density at radius 1 is 1.23 bits per heavy atom. The van der Waals surface area contributed by atoms with Crippen LogP contribution in [0.2, 0.25) is 0 Å². The van der Waals surface area contributed by atoms with Crippen molar-refractivity contribution < 1.29 is 0 Å². The van der Waals surface area contributed by atoms with E-state index in [1.54, 1.807) is 13.2 Å². The summed E-state index contributed by atoms with van der Waals surface area (Å²) in [7, 11) is 3.80. The summed E-state index contributed by atoms with van der Waals surface area (Å²) in [6, 6.07) is 8.82. The largest absolute Gasteiger partial charge is 0.354 e. The molecule has 0 saturated carbocycles. The molecule has 0 spiro atoms. The molecule has 2 aromatic heterocycles. The summed E-state index contributed by atoms with van der Waals surface area (Å²) in [5, 5.41) is 11.4. The third-order valence-electron chi connectivity index (χ3n) is 5.15. The summed E-state index contributed by atoms with van der Waals surface area (Å²) in [5.74, 6) is 0.803. The van der Waals surface area contributed by atoms with Crippen molar-refractivity contribution in [2.45, 2.75) is 46.3 Å². The van der Waals surface area contributed by atoms with Gasteiger partial charge in [-0.15, -0.1) is 24.0 Å². The molecule has 0 aliphatic heterocycles. The van der Waals surface area contributed by atoms with Crippen molar-refractivity contribution in [1.29, 1.82) is 0 Å². The Bertz CT molecular complexity index is 960. The quantitative estimate of drug-likeness (QED) is 0.285. The average molecular weight is 521 g/mol. The first kappa shape index (κ1) is 23.9. The normalized spacial score (nSPS) is 12.4. The van der Waals surface area contributed by atoms with E-state index >= 15 is 0 Å². The SMILES string of the molecule is CN=C(NCc1cccc(Cn2ccnc2)c1)NC(C)Cc1c(C)nn(C)c1C.I. The first-order chi connectivity index (χ1) is 14.0. The molecule has 0 aliphatic carbocycles. The fourth-order valence-electron chi connectivity index (χ4n) is 3.51. The number of aliphatic imine (C=N–C) groups is 1. The summed E-state index contributed by atoms with van der Waals surface area (Å²) in [5.41, 5.74) is 6.08. The van der Waals surface area contributed by atoms with Crippen LogP contribution in [0, 0.1) is 13.8 Å². The van der Waals surface area contributed by atoms with E-state index in [9.17, 15) is 0 Å². The Morgan fingerprint density at radius 3 is 2.63 bits per heavy atom. The highest BCUT2D eigenvalue weighted by atomic mass is 127. The molecule has 162 valence electrons. The number of guanidine groups is 1. The van der Waals surface area contributed by atoms with Gasteiger partial charge in [0.05, 0.1) is 12.0 Å². The number of benzene rings is 1. The van der Waals surface area contributed by atoms with Gasteiger partial charge in [0.25, 0.3) is 0 Å². The second-order valence-corrected chi connectivity index (χ2v) is 7.50. The summed E-state index contributed by atoms with van der Waals surface area (Å²) in [6.45, 7) is 7.89. The van der Waals surface area contributed by atoms with E-state index in [1.807, 2.05) is 24.3 Å². The van der Waals surface area contributed by atoms with Gasteiger partial charge in [-0.2, -0.15) is 5.10 Å². The van der Waals surface area contributed by atoms with Gasteiger partial charge < -0.3 is 15.2 Å². The van der Waals surface area contributed by atoms with Gasteiger partial charge in [-0.25, -0.2) is 4.98 Å². The minimum absolute atomic E-state index is 0. The molecule has 0 fully saturated rings. The number of halogens is 1. The predicted molar refractivity (Wildman–Crippen MR) is 132 cm³/mol. The number of hydrogen-bond acceptors (Lipinski definition) is 3. The maximum atomic E-state index is 4.51. The molecule has 3 aromatic rings. The highest BCUT2D eigenvalue weighted by Crippen LogP contribution is 2.14. The number of nitrogens with one attached hydrogen (secondary N) is 2. The molecule has 7 nitrogen and oxygen atoms in total. The van der Waals surface area contributed by atoms with Crippen LogP contribution in [0.5, 0.6) is 0 Å². The summed E-state index contributed by atoms with van der Waals surface area (Å²) in [4.78, 5) is 8.48. The molecule has 1 unspecified atom stereocenters. The third-order valence-corrected chi connectivity index (χ3v) is 5.15. The van der Waals surface area contributed by atoms with Crippen LogP contribution in [0.25, 0.3) is 0 Å². The fourth-order valence-corrected chi connectivity index (χ4v) is 3.51. The van der Waals surface area contributed by atoms with Crippen LogP contribution >= 0.6 is 24.0 Å². The molecule has 3 rings (SSSR count). The van der Waals surface area contributed by atoms with E-state index in [-0.39, 0.29) is 30.0 Å². The van der Waals surface area contributed by atoms with Gasteiger partial charge >= 0.3 is 0 Å². The molecular weight excluding hydrogens is 489 g/mol. The van der Waals surface area contributed by atoms with Crippen LogP contribution in [0.4, 0.5) is 0 Å². The Kier molecular flexibility index (Phi) is 8.88. The molecule has 0 amide bonds. The Morgan fingerprint density at radius 2 is 2.00 bits per heavy atom. The predicted octanol–water partition coefficient (Wildman–Crippen LogP) is 3.20. The van der Waals surface area contributed by atoms with Gasteiger partial charge in [-0.1, -0.05) is 24.3 Å². The van der Waals surface area contributed by atoms with Crippen molar-refractivity contribution in [1.82, 2.24) is 30.0 Å². The molecule has 2 heterocycles. The minimum Gasteiger partial charge on any atom is -0.354 e. The lowest BCUT2D eigenvalue weighted by Crippen LogP contribution is -2.42. The third kappa shape index (κ3) is 6.32. The van der Waals surface area contributed by atoms with Crippen LogP contribution in [-0.4, -0.2) is 38.4 Å². The van der Waals surface area contributed by atoms with Crippen molar-refractivity contribution in [3.05, 3.63) is 71.1 Å². The second-order valence-electron chi connectivity index (χ2n) is 7.50. The van der Waals surface area contributed by atoms with Crippen LogP contribution in [0.1, 0.15) is 35.0 Å². The Hall–Kier alpha value is -2.36. The standard InChI is InChI=1S/C22H31N7.HI/c1-16(11-21-17(2)27-28(5)18(21)3)26-22(23-4)25-13-19-7-6-8-20(12-19)14-29-10-9-24-15-29;/h6-10,12,15-16H,11,13-14H2,1-5H3,(H2,23,25,26);1H. The minimum atomic E-state index is 0. The average Bonchev–Trinajstić information content (AvgIpc) is 3.29. The van der Waals surface area contributed by atoms with Gasteiger partial charge in [0.1, 0.15) is 0 Å². The van der Waals surface area contributed by atoms with Gasteiger partial charge in [0, 0.05) is 51.3 Å². The topological polar surface area (TPSA) is 72.1 Å². The van der Waals surface area contributed by atoms with Crippen molar-refractivity contribution in [2.24, 2.45) is 12.0 Å². The van der Waals surface area contributed by atoms with E-state index < -0.39 is 0 Å². The molecule has 1 atom stereocenters. The van der Waals surface area contributed by atoms with Crippen molar-refractivity contribution in [3.63, 3.8) is 0 Å². The lowest BCUT2D eigenvalue weighted by molar-refractivity contribution is 0.635. The molecule has 0 radical (unpaired) electrons. The summed E-state index contributed by atoms with van der Waals surface area (Å²) >= 11 is 0. The van der Waals surface area contributed by atoms with Crippen molar-refractivity contribution in [3.8, 4) is 0 Å². The van der Waals surface area contributed by atoms with Crippen molar-refractivity contribution >= 4 is 29.9 Å². The molecule has 0 aliphatic rings. The lowest BCUT2D eigenvalue weighted by Gasteiger charge is -2.18. The molecule has 1 aromatic carbocycles. The first-order valence-corrected chi connectivity index (χ1v) is 9.96. The molecular formula is C22H32IN7. The smallest absolute Gasteiger partial charge is 0.191 e. The number of imidazole rings is 1. The highest BCUT2D eigenvalue weighted by Gasteiger charge is 2.14. The zero-order valence-corrected chi connectivity index (χ0v) is 20.7. The maximum absolute atomic E-state index is 4.51. The molecule has 30 heavy (non-hydrogen) atoms. The number of rotatable bonds is 7. The van der Waals surface area contributed by atoms with Gasteiger partial charge in [-0.05, 0) is 43.9 Å². The maximum Gasteiger partial charge on any atom is 0.191 e. The molecule has 8 heteroatoms. The summed E-state index contributed by atoms with van der Waals surface area (Å²) < 4.78 is 4.01. The first-order valence-electron chi connectivity index (χ1n) is 9.96. The number of aryl methyl sites for hydroxylation is 2. The van der Waals surface area contributed by atoms with E-state index in [0.717, 1.165) is 31.2 Å². The monoisotopic (exact) mass is 521 g/mol. The van der Waals surface area contributed by atoms with Crippen LogP contribution in [0.3, 0.4) is 0 Å². The number of aromatic nitrogens is 4. The zero-order chi connectivity index (χ0) is 20.8. The van der Waals surface area contributed by atoms with E-state index in [4.69, 9.17) is 0 Å². The Labute approximate surface area is 196 Å². The van der Waals surface area contributed by atoms with Crippen LogP contribution < -0.4 is 10.6 Å². The van der Waals surface area contributed by atoms with Crippen LogP contribution in [0.15, 0.2) is 48.0 Å². The van der Waals surface area contributed by atoms with Crippen LogP contribution in [-0.2, 0) is 26.6 Å². The van der Waals surface area contributed by atoms with E-state index in [1.165, 1.54) is 22.4 Å². The second kappa shape index (κ2) is 11.1.